The minimum atomic E-state index is -3.56. The summed E-state index contributed by atoms with van der Waals surface area (Å²) in [5, 5.41) is 0. The topological polar surface area (TPSA) is 83.7 Å². The van der Waals surface area contributed by atoms with Gasteiger partial charge in [0.25, 0.3) is 0 Å². The Hall–Kier alpha value is -1.44. The van der Waals surface area contributed by atoms with E-state index in [-0.39, 0.29) is 23.4 Å². The first-order valence-electron chi connectivity index (χ1n) is 8.72. The van der Waals surface area contributed by atoms with Crippen molar-refractivity contribution in [1.29, 1.82) is 0 Å². The van der Waals surface area contributed by atoms with Crippen LogP contribution >= 0.6 is 0 Å². The summed E-state index contributed by atoms with van der Waals surface area (Å²) in [6, 6.07) is 5.16. The van der Waals surface area contributed by atoms with Crippen LogP contribution in [-0.2, 0) is 21.2 Å². The molecule has 0 aliphatic carbocycles. The fourth-order valence-electron chi connectivity index (χ4n) is 3.93. The van der Waals surface area contributed by atoms with Gasteiger partial charge in [0.2, 0.25) is 15.9 Å². The maximum atomic E-state index is 13.1. The monoisotopic (exact) mass is 365 g/mol. The van der Waals surface area contributed by atoms with Crippen molar-refractivity contribution >= 4 is 21.6 Å². The van der Waals surface area contributed by atoms with Crippen LogP contribution in [0, 0.1) is 5.41 Å². The second-order valence-electron chi connectivity index (χ2n) is 7.96. The molecule has 1 amide bonds. The van der Waals surface area contributed by atoms with Crippen molar-refractivity contribution in [3.05, 3.63) is 23.8 Å². The number of nitrogens with two attached hydrogens (primary N) is 1. The zero-order valence-electron chi connectivity index (χ0n) is 15.3. The molecule has 6 nitrogen and oxygen atoms in total. The summed E-state index contributed by atoms with van der Waals surface area (Å²) in [6.07, 6.45) is 1.33. The first-order chi connectivity index (χ1) is 11.5. The third-order valence-electron chi connectivity index (χ3n) is 5.52. The van der Waals surface area contributed by atoms with Crippen molar-refractivity contribution in [2.45, 2.75) is 57.5 Å². The van der Waals surface area contributed by atoms with Crippen molar-refractivity contribution in [2.75, 3.05) is 18.0 Å². The summed E-state index contributed by atoms with van der Waals surface area (Å²) >= 11 is 0. The van der Waals surface area contributed by atoms with Gasteiger partial charge in [-0.05, 0) is 48.9 Å². The molecule has 1 saturated heterocycles. The normalized spacial score (nSPS) is 26.5. The zero-order valence-corrected chi connectivity index (χ0v) is 16.1. The van der Waals surface area contributed by atoms with E-state index < -0.39 is 10.0 Å². The first-order valence-corrected chi connectivity index (χ1v) is 10.2. The Morgan fingerprint density at radius 3 is 2.60 bits per heavy atom. The molecule has 2 unspecified atom stereocenters. The van der Waals surface area contributed by atoms with Gasteiger partial charge in [-0.3, -0.25) is 4.79 Å². The van der Waals surface area contributed by atoms with E-state index in [1.807, 2.05) is 20.8 Å². The molecule has 0 bridgehead atoms. The summed E-state index contributed by atoms with van der Waals surface area (Å²) in [5.74, 6) is -0.0198. The van der Waals surface area contributed by atoms with Crippen molar-refractivity contribution in [3.63, 3.8) is 0 Å². The molecule has 2 atom stereocenters. The van der Waals surface area contributed by atoms with Gasteiger partial charge < -0.3 is 10.6 Å². The standard InChI is InChI=1S/C18H27N3O3S/c1-12-9-14-10-15(5-6-16(14)21(12)13(2)22)25(23,24)20-8-7-17(19)18(3,4)11-20/h5-6,10,12,17H,7-9,11,19H2,1-4H3. The lowest BCUT2D eigenvalue weighted by atomic mass is 9.81. The summed E-state index contributed by atoms with van der Waals surface area (Å²) < 4.78 is 27.7. The van der Waals surface area contributed by atoms with Crippen molar-refractivity contribution in [2.24, 2.45) is 11.1 Å². The predicted molar refractivity (Wildman–Crippen MR) is 97.9 cm³/mol. The molecule has 2 N–H and O–H groups in total. The lowest BCUT2D eigenvalue weighted by Crippen LogP contribution is -2.53. The Morgan fingerprint density at radius 2 is 2.00 bits per heavy atom. The molecule has 2 heterocycles. The third kappa shape index (κ3) is 3.09. The Labute approximate surface area is 150 Å². The summed E-state index contributed by atoms with van der Waals surface area (Å²) in [4.78, 5) is 13.9. The van der Waals surface area contributed by atoms with Crippen LogP contribution in [0.4, 0.5) is 5.69 Å². The molecule has 2 aliphatic heterocycles. The van der Waals surface area contributed by atoms with Crippen molar-refractivity contribution in [3.8, 4) is 0 Å². The molecule has 0 aromatic heterocycles. The van der Waals surface area contributed by atoms with E-state index in [0.29, 0.717) is 30.8 Å². The van der Waals surface area contributed by atoms with Gasteiger partial charge in [-0.1, -0.05) is 13.8 Å². The van der Waals surface area contributed by atoms with E-state index in [0.717, 1.165) is 11.3 Å². The molecule has 0 spiro atoms. The second-order valence-corrected chi connectivity index (χ2v) is 9.89. The van der Waals surface area contributed by atoms with E-state index in [1.165, 1.54) is 6.92 Å². The largest absolute Gasteiger partial charge is 0.327 e. The molecule has 1 aromatic rings. The summed E-state index contributed by atoms with van der Waals surface area (Å²) in [7, 11) is -3.56. The fraction of sp³-hybridized carbons (Fsp3) is 0.611. The second kappa shape index (κ2) is 6.07. The number of carbonyl (C=O) groups excluding carboxylic acids is 1. The Morgan fingerprint density at radius 1 is 1.32 bits per heavy atom. The molecule has 138 valence electrons. The van der Waals surface area contributed by atoms with E-state index >= 15 is 0 Å². The minimum Gasteiger partial charge on any atom is -0.327 e. The maximum Gasteiger partial charge on any atom is 0.243 e. The van der Waals surface area contributed by atoms with Gasteiger partial charge in [0, 0.05) is 37.8 Å². The molecule has 25 heavy (non-hydrogen) atoms. The number of anilines is 1. The average molecular weight is 365 g/mol. The molecule has 2 aliphatic rings. The Balaban J connectivity index is 1.93. The van der Waals surface area contributed by atoms with E-state index in [9.17, 15) is 13.2 Å². The zero-order chi connectivity index (χ0) is 18.6. The van der Waals surface area contributed by atoms with Crippen LogP contribution in [0.25, 0.3) is 0 Å². The van der Waals surface area contributed by atoms with Crippen LogP contribution in [-0.4, -0.2) is 43.8 Å². The van der Waals surface area contributed by atoms with Crippen LogP contribution in [0.2, 0.25) is 0 Å². The average Bonchev–Trinajstić information content (AvgIpc) is 2.84. The highest BCUT2D eigenvalue weighted by atomic mass is 32.2. The molecule has 0 saturated carbocycles. The smallest absolute Gasteiger partial charge is 0.243 e. The van der Waals surface area contributed by atoms with Gasteiger partial charge in [-0.25, -0.2) is 8.42 Å². The number of benzene rings is 1. The maximum absolute atomic E-state index is 13.1. The highest BCUT2D eigenvalue weighted by Gasteiger charge is 2.39. The number of piperidine rings is 1. The Bertz CT molecular complexity index is 804. The molecule has 3 rings (SSSR count). The number of hydrogen-bond acceptors (Lipinski definition) is 4. The van der Waals surface area contributed by atoms with Gasteiger partial charge >= 0.3 is 0 Å². The number of fused-ring (bicyclic) bond motifs is 1. The highest BCUT2D eigenvalue weighted by Crippen LogP contribution is 2.36. The SMILES string of the molecule is CC(=O)N1c2ccc(S(=O)(=O)N3CCC(N)C(C)(C)C3)cc2CC1C. The predicted octanol–water partition coefficient (Wildman–Crippen LogP) is 1.73. The van der Waals surface area contributed by atoms with Gasteiger partial charge in [0.05, 0.1) is 4.90 Å². The van der Waals surface area contributed by atoms with E-state index in [2.05, 4.69) is 0 Å². The number of carbonyl (C=O) groups is 1. The van der Waals surface area contributed by atoms with Crippen molar-refractivity contribution in [1.82, 2.24) is 4.31 Å². The van der Waals surface area contributed by atoms with E-state index in [1.54, 1.807) is 27.4 Å². The number of sulfonamides is 1. The molecule has 7 heteroatoms. The molecule has 0 radical (unpaired) electrons. The van der Waals surface area contributed by atoms with Crippen LogP contribution in [0.3, 0.4) is 0 Å². The first kappa shape index (κ1) is 18.4. The number of rotatable bonds is 2. The third-order valence-corrected chi connectivity index (χ3v) is 7.36. The minimum absolute atomic E-state index is 0.00365. The quantitative estimate of drug-likeness (QED) is 0.865. The van der Waals surface area contributed by atoms with Crippen LogP contribution in [0.15, 0.2) is 23.1 Å². The van der Waals surface area contributed by atoms with E-state index in [4.69, 9.17) is 5.73 Å². The van der Waals surface area contributed by atoms with Crippen molar-refractivity contribution < 1.29 is 13.2 Å². The fourth-order valence-corrected chi connectivity index (χ4v) is 5.60. The van der Waals surface area contributed by atoms with Gasteiger partial charge in [0.15, 0.2) is 0 Å². The molecular weight excluding hydrogens is 338 g/mol. The molecular formula is C18H27N3O3S. The summed E-state index contributed by atoms with van der Waals surface area (Å²) in [6.45, 7) is 8.39. The van der Waals surface area contributed by atoms with Crippen LogP contribution in [0.1, 0.15) is 39.7 Å². The lowest BCUT2D eigenvalue weighted by Gasteiger charge is -2.41. The van der Waals surface area contributed by atoms with Gasteiger partial charge in [-0.15, -0.1) is 0 Å². The lowest BCUT2D eigenvalue weighted by molar-refractivity contribution is -0.116. The highest BCUT2D eigenvalue weighted by molar-refractivity contribution is 7.89. The number of amides is 1. The molecule has 1 fully saturated rings. The summed E-state index contributed by atoms with van der Waals surface area (Å²) in [5.41, 5.74) is 7.62. The molecule has 1 aromatic carbocycles. The van der Waals surface area contributed by atoms with Gasteiger partial charge in [0.1, 0.15) is 0 Å². The number of hydrogen-bond donors (Lipinski definition) is 1. The van der Waals surface area contributed by atoms with Gasteiger partial charge in [-0.2, -0.15) is 4.31 Å². The van der Waals surface area contributed by atoms with Crippen LogP contribution < -0.4 is 10.6 Å². The Kier molecular flexibility index (Phi) is 4.46. The number of nitrogens with zero attached hydrogens (tertiary/aromatic N) is 2. The van der Waals surface area contributed by atoms with Crippen LogP contribution in [0.5, 0.6) is 0 Å².